The average molecular weight is 214 g/mol. The normalized spacial score (nSPS) is 12.1. The van der Waals surface area contributed by atoms with Crippen molar-refractivity contribution < 1.29 is 4.58 Å². The van der Waals surface area contributed by atoms with Gasteiger partial charge in [-0.1, -0.05) is 0 Å². The van der Waals surface area contributed by atoms with E-state index in [9.17, 15) is 0 Å². The highest BCUT2D eigenvalue weighted by atomic mass is 15.3. The zero-order chi connectivity index (χ0) is 12.4. The van der Waals surface area contributed by atoms with Gasteiger partial charge >= 0.3 is 5.96 Å². The van der Waals surface area contributed by atoms with Gasteiger partial charge in [-0.3, -0.25) is 10.3 Å². The van der Waals surface area contributed by atoms with Crippen LogP contribution >= 0.6 is 0 Å². The van der Waals surface area contributed by atoms with Gasteiger partial charge in [0.1, 0.15) is 0 Å². The zero-order valence-corrected chi connectivity index (χ0v) is 10.6. The van der Waals surface area contributed by atoms with Crippen molar-refractivity contribution in [3.8, 4) is 0 Å². The lowest BCUT2D eigenvalue weighted by atomic mass is 9.99. The Morgan fingerprint density at radius 1 is 0.867 bits per heavy atom. The van der Waals surface area contributed by atoms with E-state index in [1.165, 1.54) is 0 Å². The molecule has 0 spiro atoms. The molecule has 0 bridgehead atoms. The fourth-order valence-electron chi connectivity index (χ4n) is 1.88. The topological polar surface area (TPSA) is 93.4 Å². The molecule has 0 saturated heterocycles. The quantitative estimate of drug-likeness (QED) is 0.305. The summed E-state index contributed by atoms with van der Waals surface area (Å²) >= 11 is 0. The Balaban J connectivity index is 5.59. The fraction of sp³-hybridized carbons (Fsp3) is 0.800. The molecule has 0 fully saturated rings. The van der Waals surface area contributed by atoms with Gasteiger partial charge in [0.05, 0.1) is 11.1 Å². The molecule has 0 amide bonds. The van der Waals surface area contributed by atoms with Gasteiger partial charge in [-0.05, 0) is 46.5 Å². The molecule has 0 aliphatic heterocycles. The highest BCUT2D eigenvalue weighted by Crippen LogP contribution is 2.19. The van der Waals surface area contributed by atoms with E-state index in [-0.39, 0.29) is 17.0 Å². The molecule has 0 saturated carbocycles. The monoisotopic (exact) mass is 214 g/mol. The van der Waals surface area contributed by atoms with Crippen LogP contribution in [0.3, 0.4) is 0 Å². The van der Waals surface area contributed by atoms with Gasteiger partial charge in [0, 0.05) is 0 Å². The maximum Gasteiger partial charge on any atom is 0.389 e. The third-order valence-corrected chi connectivity index (χ3v) is 1.81. The first-order valence-electron chi connectivity index (χ1n) is 4.98. The molecule has 0 rings (SSSR count). The fourth-order valence-corrected chi connectivity index (χ4v) is 1.88. The van der Waals surface area contributed by atoms with E-state index in [2.05, 4.69) is 46.5 Å². The molecular formula is C10H24N5+. The minimum Gasteiger partial charge on any atom is -0.356 e. The highest BCUT2D eigenvalue weighted by Gasteiger charge is 2.32. The number of nitrogens with two attached hydrogens (primary N) is 3. The molecule has 0 aliphatic rings. The van der Waals surface area contributed by atoms with E-state index in [0.717, 1.165) is 0 Å². The van der Waals surface area contributed by atoms with Crippen LogP contribution in [-0.2, 0) is 0 Å². The Morgan fingerprint density at radius 2 is 1.20 bits per heavy atom. The van der Waals surface area contributed by atoms with Crippen molar-refractivity contribution in [2.75, 3.05) is 0 Å². The van der Waals surface area contributed by atoms with Crippen LogP contribution in [0.5, 0.6) is 0 Å². The molecule has 15 heavy (non-hydrogen) atoms. The third kappa shape index (κ3) is 4.18. The predicted molar refractivity (Wildman–Crippen MR) is 64.8 cm³/mol. The van der Waals surface area contributed by atoms with E-state index in [0.29, 0.717) is 5.96 Å². The number of hydrogen-bond donors (Lipinski definition) is 3. The Morgan fingerprint density at radius 3 is 1.40 bits per heavy atom. The van der Waals surface area contributed by atoms with Gasteiger partial charge in [0.2, 0.25) is 0 Å². The van der Waals surface area contributed by atoms with Gasteiger partial charge in [0.25, 0.3) is 5.96 Å². The van der Waals surface area contributed by atoms with Crippen LogP contribution in [0.4, 0.5) is 0 Å². The maximum absolute atomic E-state index is 5.89. The lowest BCUT2D eigenvalue weighted by Crippen LogP contribution is -2.51. The third-order valence-electron chi connectivity index (χ3n) is 1.81. The molecule has 88 valence electrons. The summed E-state index contributed by atoms with van der Waals surface area (Å²) < 4.78 is 1.99. The van der Waals surface area contributed by atoms with Crippen molar-refractivity contribution in [3.05, 3.63) is 0 Å². The second-order valence-electron chi connectivity index (χ2n) is 5.57. The molecule has 0 aromatic heterocycles. The van der Waals surface area contributed by atoms with Crippen molar-refractivity contribution in [1.29, 1.82) is 0 Å². The first-order valence-corrected chi connectivity index (χ1v) is 4.98. The average Bonchev–Trinajstić information content (AvgIpc) is 1.74. The SMILES string of the molecule is CC(C)(C)[N+](=C(N)N=C(N)N)C(C)(C)C. The summed E-state index contributed by atoms with van der Waals surface area (Å²) in [5, 5.41) is 0. The molecule has 5 heteroatoms. The molecule has 0 radical (unpaired) electrons. The van der Waals surface area contributed by atoms with Gasteiger partial charge in [-0.2, -0.15) is 0 Å². The van der Waals surface area contributed by atoms with E-state index < -0.39 is 0 Å². The second kappa shape index (κ2) is 4.08. The van der Waals surface area contributed by atoms with Gasteiger partial charge < -0.3 is 11.5 Å². The standard InChI is InChI=1S/C10H23N5/c1-9(2,3)15(10(4,5)6)8(13)14-7(11)12/h1-6H3,(H5,11,12,13,14)/p+1. The number of guanidine groups is 2. The van der Waals surface area contributed by atoms with Gasteiger partial charge in [0.15, 0.2) is 0 Å². The smallest absolute Gasteiger partial charge is 0.356 e. The summed E-state index contributed by atoms with van der Waals surface area (Å²) in [5.41, 5.74) is 16.2. The Bertz CT molecular complexity index is 268. The summed E-state index contributed by atoms with van der Waals surface area (Å²) in [5.74, 6) is 0.320. The molecule has 0 aliphatic carbocycles. The Kier molecular flexibility index (Phi) is 3.74. The number of aliphatic imine (C=N–C) groups is 1. The molecule has 5 nitrogen and oxygen atoms in total. The summed E-state index contributed by atoms with van der Waals surface area (Å²) in [6.07, 6.45) is 0. The van der Waals surface area contributed by atoms with Crippen LogP contribution in [0.2, 0.25) is 0 Å². The van der Waals surface area contributed by atoms with Gasteiger partial charge in [-0.25, -0.2) is 0 Å². The largest absolute Gasteiger partial charge is 0.389 e. The molecule has 0 heterocycles. The van der Waals surface area contributed by atoms with E-state index >= 15 is 0 Å². The first kappa shape index (κ1) is 13.7. The predicted octanol–water partition coefficient (Wildman–Crippen LogP) is 0.184. The molecule has 0 aromatic rings. The molecule has 0 unspecified atom stereocenters. The molecular weight excluding hydrogens is 190 g/mol. The van der Waals surface area contributed by atoms with E-state index in [1.807, 2.05) is 4.58 Å². The lowest BCUT2D eigenvalue weighted by molar-refractivity contribution is -0.658. The van der Waals surface area contributed by atoms with E-state index in [1.54, 1.807) is 0 Å². The molecule has 6 N–H and O–H groups in total. The Labute approximate surface area is 92.0 Å². The summed E-state index contributed by atoms with van der Waals surface area (Å²) in [6.45, 7) is 12.4. The molecule has 0 aromatic carbocycles. The van der Waals surface area contributed by atoms with Crippen LogP contribution in [-0.4, -0.2) is 27.6 Å². The first-order chi connectivity index (χ1) is 6.46. The van der Waals surface area contributed by atoms with Crippen LogP contribution in [0.15, 0.2) is 4.99 Å². The zero-order valence-electron chi connectivity index (χ0n) is 10.6. The van der Waals surface area contributed by atoms with Gasteiger partial charge in [-0.15, -0.1) is 0 Å². The maximum atomic E-state index is 5.89. The summed E-state index contributed by atoms with van der Waals surface area (Å²) in [7, 11) is 0. The highest BCUT2D eigenvalue weighted by molar-refractivity contribution is 5.90. The van der Waals surface area contributed by atoms with Crippen molar-refractivity contribution in [2.24, 2.45) is 22.2 Å². The van der Waals surface area contributed by atoms with Crippen molar-refractivity contribution >= 4 is 11.9 Å². The lowest BCUT2D eigenvalue weighted by Gasteiger charge is -2.33. The van der Waals surface area contributed by atoms with E-state index in [4.69, 9.17) is 17.2 Å². The van der Waals surface area contributed by atoms with Crippen LogP contribution in [0, 0.1) is 0 Å². The Hall–Kier alpha value is -1.26. The summed E-state index contributed by atoms with van der Waals surface area (Å²) in [4.78, 5) is 3.90. The summed E-state index contributed by atoms with van der Waals surface area (Å²) in [6, 6.07) is 0. The number of hydrogen-bond acceptors (Lipinski definition) is 0. The number of nitrogens with zero attached hydrogens (tertiary/aromatic N) is 2. The van der Waals surface area contributed by atoms with Crippen molar-refractivity contribution in [2.45, 2.75) is 52.6 Å². The van der Waals surface area contributed by atoms with Crippen LogP contribution in [0.1, 0.15) is 41.5 Å². The number of rotatable bonds is 0. The van der Waals surface area contributed by atoms with Crippen molar-refractivity contribution in [1.82, 2.24) is 0 Å². The second-order valence-corrected chi connectivity index (χ2v) is 5.57. The van der Waals surface area contributed by atoms with Crippen molar-refractivity contribution in [3.63, 3.8) is 0 Å². The minimum atomic E-state index is -0.138. The van der Waals surface area contributed by atoms with Crippen LogP contribution in [0.25, 0.3) is 0 Å². The minimum absolute atomic E-state index is 0.0222. The molecule has 0 atom stereocenters. The van der Waals surface area contributed by atoms with Crippen LogP contribution < -0.4 is 17.2 Å².